The summed E-state index contributed by atoms with van der Waals surface area (Å²) in [6, 6.07) is 15.8. The van der Waals surface area contributed by atoms with Crippen molar-refractivity contribution in [2.45, 2.75) is 25.4 Å². The van der Waals surface area contributed by atoms with Gasteiger partial charge in [-0.15, -0.1) is 12.4 Å². The van der Waals surface area contributed by atoms with Crippen LogP contribution in [0.2, 0.25) is 0 Å². The second kappa shape index (κ2) is 12.2. The Morgan fingerprint density at radius 2 is 1.57 bits per heavy atom. The molecule has 3 amide bonds. The zero-order chi connectivity index (χ0) is 20.5. The summed E-state index contributed by atoms with van der Waals surface area (Å²) in [6.45, 7) is 2.69. The summed E-state index contributed by atoms with van der Waals surface area (Å²) in [7, 11) is 0. The molecule has 2 aromatic carbocycles. The van der Waals surface area contributed by atoms with Crippen LogP contribution in [0.3, 0.4) is 0 Å². The fourth-order valence-electron chi connectivity index (χ4n) is 3.25. The first kappa shape index (κ1) is 23.7. The molecule has 1 heterocycles. The quantitative estimate of drug-likeness (QED) is 0.581. The van der Waals surface area contributed by atoms with Crippen molar-refractivity contribution in [2.24, 2.45) is 5.73 Å². The van der Waals surface area contributed by atoms with Crippen LogP contribution >= 0.6 is 12.4 Å². The van der Waals surface area contributed by atoms with E-state index in [0.29, 0.717) is 43.2 Å². The van der Waals surface area contributed by atoms with Gasteiger partial charge in [0.2, 0.25) is 0 Å². The molecule has 3 rings (SSSR count). The first-order valence-corrected chi connectivity index (χ1v) is 10.00. The molecule has 8 heteroatoms. The van der Waals surface area contributed by atoms with Crippen LogP contribution in [-0.4, -0.2) is 49.2 Å². The number of urea groups is 1. The number of likely N-dealkylation sites (tertiary alicyclic amines) is 1. The first-order valence-electron chi connectivity index (χ1n) is 10.00. The lowest BCUT2D eigenvalue weighted by atomic mass is 10.1. The van der Waals surface area contributed by atoms with E-state index in [0.717, 1.165) is 19.3 Å². The number of piperidine rings is 1. The molecule has 162 valence electrons. The number of carbonyl (C=O) groups is 2. The van der Waals surface area contributed by atoms with Crippen LogP contribution in [0.4, 0.5) is 16.2 Å². The molecule has 0 aromatic heterocycles. The number of nitrogens with two attached hydrogens (primary N) is 1. The van der Waals surface area contributed by atoms with Crippen LogP contribution in [0.1, 0.15) is 29.6 Å². The van der Waals surface area contributed by atoms with E-state index in [2.05, 4.69) is 10.6 Å². The molecule has 2 aromatic rings. The summed E-state index contributed by atoms with van der Waals surface area (Å²) in [4.78, 5) is 26.6. The second-order valence-electron chi connectivity index (χ2n) is 7.03. The van der Waals surface area contributed by atoms with Gasteiger partial charge in [0.05, 0.1) is 6.10 Å². The Balaban J connectivity index is 0.00000320. The second-order valence-corrected chi connectivity index (χ2v) is 7.03. The summed E-state index contributed by atoms with van der Waals surface area (Å²) in [5.74, 6) is 0.00527. The minimum atomic E-state index is -0.327. The van der Waals surface area contributed by atoms with Crippen molar-refractivity contribution < 1.29 is 14.3 Å². The van der Waals surface area contributed by atoms with Crippen LogP contribution in [0.5, 0.6) is 0 Å². The van der Waals surface area contributed by atoms with Crippen molar-refractivity contribution >= 4 is 35.7 Å². The third-order valence-corrected chi connectivity index (χ3v) is 4.85. The molecule has 0 bridgehead atoms. The molecule has 1 aliphatic heterocycles. The molecule has 1 aliphatic rings. The predicted molar refractivity (Wildman–Crippen MR) is 121 cm³/mol. The summed E-state index contributed by atoms with van der Waals surface area (Å²) < 4.78 is 5.79. The Kier molecular flexibility index (Phi) is 9.60. The van der Waals surface area contributed by atoms with Gasteiger partial charge in [0.15, 0.2) is 0 Å². The normalized spacial score (nSPS) is 14.0. The predicted octanol–water partition coefficient (Wildman–Crippen LogP) is 3.72. The summed E-state index contributed by atoms with van der Waals surface area (Å²) >= 11 is 0. The Hall–Kier alpha value is -2.61. The number of para-hydroxylation sites is 1. The SMILES string of the molecule is Cl.NCCCOC1CCN(C(=O)c2ccc(NC(=O)Nc3ccccc3)cc2)CC1. The molecule has 7 nitrogen and oxygen atoms in total. The van der Waals surface area contributed by atoms with Crippen molar-refractivity contribution in [2.75, 3.05) is 36.9 Å². The van der Waals surface area contributed by atoms with Gasteiger partial charge in [0.1, 0.15) is 0 Å². The molecule has 30 heavy (non-hydrogen) atoms. The van der Waals surface area contributed by atoms with E-state index in [4.69, 9.17) is 10.5 Å². The highest BCUT2D eigenvalue weighted by Gasteiger charge is 2.24. The van der Waals surface area contributed by atoms with E-state index < -0.39 is 0 Å². The van der Waals surface area contributed by atoms with E-state index >= 15 is 0 Å². The molecule has 4 N–H and O–H groups in total. The summed E-state index contributed by atoms with van der Waals surface area (Å²) in [5.41, 5.74) is 7.44. The number of benzene rings is 2. The highest BCUT2D eigenvalue weighted by Crippen LogP contribution is 2.18. The standard InChI is InChI=1S/C22H28N4O3.ClH/c23-13-4-16-29-20-11-14-26(15-12-20)21(27)17-7-9-19(10-8-17)25-22(28)24-18-5-2-1-3-6-18;/h1-3,5-10,20H,4,11-16,23H2,(H2,24,25,28);1H. The molecule has 1 fully saturated rings. The Morgan fingerprint density at radius 3 is 2.17 bits per heavy atom. The molecule has 0 unspecified atom stereocenters. The number of anilines is 2. The van der Waals surface area contributed by atoms with Gasteiger partial charge in [-0.25, -0.2) is 4.79 Å². The van der Waals surface area contributed by atoms with Gasteiger partial charge in [0.25, 0.3) is 5.91 Å². The number of nitrogens with one attached hydrogen (secondary N) is 2. The van der Waals surface area contributed by atoms with Crippen molar-refractivity contribution in [1.29, 1.82) is 0 Å². The van der Waals surface area contributed by atoms with Crippen molar-refractivity contribution in [3.63, 3.8) is 0 Å². The van der Waals surface area contributed by atoms with Crippen LogP contribution in [0, 0.1) is 0 Å². The Morgan fingerprint density at radius 1 is 0.967 bits per heavy atom. The largest absolute Gasteiger partial charge is 0.378 e. The maximum absolute atomic E-state index is 12.7. The number of amides is 3. The third-order valence-electron chi connectivity index (χ3n) is 4.85. The highest BCUT2D eigenvalue weighted by molar-refractivity contribution is 6.00. The van der Waals surface area contributed by atoms with Gasteiger partial charge in [-0.2, -0.15) is 0 Å². The van der Waals surface area contributed by atoms with Gasteiger partial charge >= 0.3 is 6.03 Å². The van der Waals surface area contributed by atoms with Crippen LogP contribution in [-0.2, 0) is 4.74 Å². The monoisotopic (exact) mass is 432 g/mol. The minimum Gasteiger partial charge on any atom is -0.378 e. The number of halogens is 1. The average molecular weight is 433 g/mol. The molecule has 1 saturated heterocycles. The van der Waals surface area contributed by atoms with Crippen molar-refractivity contribution in [3.05, 3.63) is 60.2 Å². The maximum atomic E-state index is 12.7. The lowest BCUT2D eigenvalue weighted by Crippen LogP contribution is -2.41. The number of hydrogen-bond donors (Lipinski definition) is 3. The fraction of sp³-hybridized carbons (Fsp3) is 0.364. The lowest BCUT2D eigenvalue weighted by molar-refractivity contribution is 0.00844. The van der Waals surface area contributed by atoms with Gasteiger partial charge in [-0.3, -0.25) is 4.79 Å². The van der Waals surface area contributed by atoms with Crippen LogP contribution in [0.15, 0.2) is 54.6 Å². The zero-order valence-electron chi connectivity index (χ0n) is 16.9. The summed E-state index contributed by atoms with van der Waals surface area (Å²) in [5, 5.41) is 5.52. The molecule has 0 radical (unpaired) electrons. The smallest absolute Gasteiger partial charge is 0.323 e. The first-order chi connectivity index (χ1) is 14.2. The molecule has 0 atom stereocenters. The summed E-state index contributed by atoms with van der Waals surface area (Å²) in [6.07, 6.45) is 2.76. The van der Waals surface area contributed by atoms with Gasteiger partial charge in [-0.1, -0.05) is 18.2 Å². The van der Waals surface area contributed by atoms with E-state index in [-0.39, 0.29) is 30.4 Å². The lowest BCUT2D eigenvalue weighted by Gasteiger charge is -2.32. The Bertz CT molecular complexity index is 794. The molecule has 0 aliphatic carbocycles. The van der Waals surface area contributed by atoms with E-state index in [1.807, 2.05) is 35.2 Å². The fourth-order valence-corrected chi connectivity index (χ4v) is 3.25. The topological polar surface area (TPSA) is 96.7 Å². The van der Waals surface area contributed by atoms with Crippen LogP contribution in [0.25, 0.3) is 0 Å². The number of carbonyl (C=O) groups excluding carboxylic acids is 2. The zero-order valence-corrected chi connectivity index (χ0v) is 17.7. The van der Waals surface area contributed by atoms with Crippen molar-refractivity contribution in [1.82, 2.24) is 4.90 Å². The highest BCUT2D eigenvalue weighted by atomic mass is 35.5. The number of nitrogens with zero attached hydrogens (tertiary/aromatic N) is 1. The number of hydrogen-bond acceptors (Lipinski definition) is 4. The number of rotatable bonds is 7. The van der Waals surface area contributed by atoms with Gasteiger partial charge in [-0.05, 0) is 62.2 Å². The molecule has 0 saturated carbocycles. The van der Waals surface area contributed by atoms with E-state index in [9.17, 15) is 9.59 Å². The minimum absolute atomic E-state index is 0. The van der Waals surface area contributed by atoms with Gasteiger partial charge < -0.3 is 26.0 Å². The molecule has 0 spiro atoms. The average Bonchev–Trinajstić information content (AvgIpc) is 2.75. The third kappa shape index (κ3) is 7.02. The van der Waals surface area contributed by atoms with Crippen molar-refractivity contribution in [3.8, 4) is 0 Å². The van der Waals surface area contributed by atoms with Crippen LogP contribution < -0.4 is 16.4 Å². The molecular formula is C22H29ClN4O3. The Labute approximate surface area is 183 Å². The van der Waals surface area contributed by atoms with Gasteiger partial charge in [0, 0.05) is 36.6 Å². The molecular weight excluding hydrogens is 404 g/mol. The number of ether oxygens (including phenoxy) is 1. The van der Waals surface area contributed by atoms with E-state index in [1.165, 1.54) is 0 Å². The van der Waals surface area contributed by atoms with E-state index in [1.54, 1.807) is 24.3 Å². The maximum Gasteiger partial charge on any atom is 0.323 e.